The third-order valence-corrected chi connectivity index (χ3v) is 12.9. The van der Waals surface area contributed by atoms with Gasteiger partial charge >= 0.3 is 71.6 Å². The highest BCUT2D eigenvalue weighted by atomic mass is 35.5. The molecule has 0 amide bonds. The maximum Gasteiger partial charge on any atom is 0.359 e. The van der Waals surface area contributed by atoms with Crippen LogP contribution >= 0.6 is 0 Å². The van der Waals surface area contributed by atoms with Crippen molar-refractivity contribution in [2.24, 2.45) is 45.9 Å². The average molecular weight is 1360 g/mol. The number of likely N-dealkylation sites (tertiary alicyclic amines) is 1. The fourth-order valence-electron chi connectivity index (χ4n) is 5.92. The smallest absolute Gasteiger partial charge is 0.359 e. The number of aliphatic carboxylic acids is 12. The van der Waals surface area contributed by atoms with E-state index in [2.05, 4.69) is 16.0 Å². The normalized spacial score (nSPS) is 15.0. The molecule has 0 radical (unpaired) electrons. The van der Waals surface area contributed by atoms with Gasteiger partial charge in [-0.1, -0.05) is 59.8 Å². The van der Waals surface area contributed by atoms with E-state index in [0.29, 0.717) is 55.8 Å². The lowest BCUT2D eigenvalue weighted by Gasteiger charge is -2.25. The van der Waals surface area contributed by atoms with E-state index >= 15 is 0 Å². The Hall–Kier alpha value is -6.43. The van der Waals surface area contributed by atoms with Crippen molar-refractivity contribution in [3.05, 3.63) is 0 Å². The monoisotopic (exact) mass is 1360 g/mol. The molecule has 0 aromatic carbocycles. The van der Waals surface area contributed by atoms with Gasteiger partial charge in [-0.05, 0) is 146 Å². The van der Waals surface area contributed by atoms with Gasteiger partial charge in [-0.2, -0.15) is 0 Å². The van der Waals surface area contributed by atoms with Crippen molar-refractivity contribution < 1.29 is 136 Å². The molecule has 4 fully saturated rings. The van der Waals surface area contributed by atoms with Gasteiger partial charge < -0.3 is 117 Å². The first-order valence-electron chi connectivity index (χ1n) is 29.5. The molecule has 0 atom stereocenters. The number of likely N-dealkylation sites (N-methyl/N-ethyl adjacent to an activating group) is 3. The van der Waals surface area contributed by atoms with E-state index in [4.69, 9.17) is 84.2 Å². The lowest BCUT2D eigenvalue weighted by atomic mass is 9.90. The molecule has 0 unspecified atom stereocenters. The van der Waals surface area contributed by atoms with Gasteiger partial charge in [0.2, 0.25) is 0 Å². The molecule has 3 aliphatic carbocycles. The Labute approximate surface area is 548 Å². The Balaban J connectivity index is -0.000000117. The largest absolute Gasteiger partial charge is 1.00 e. The van der Waals surface area contributed by atoms with Crippen LogP contribution in [0, 0.1) is 17.3 Å². The molecular weight excluding hydrogens is 1240 g/mol. The summed E-state index contributed by atoms with van der Waals surface area (Å²) in [6, 6.07) is 0. The Morgan fingerprint density at radius 1 is 0.543 bits per heavy atom. The SMILES string of the molecule is CC(C)(N)C(=O)O.CCC(C)(C)C(=O)O.CCC(N)(CC)C(=O)O.CCCC(=O)O.CN(C)CC(=O)O.CN1CCC(C(=O)O)CC1.CNCC(=O)O.C[N+](C)(C)CC(=O)O.NC1(C(=O)O)CC1.NC1(C(=O)O)CCCC1.NCC(=O)O.O=C(O)C1CCCCC1.[Cl-]. The van der Waals surface area contributed by atoms with Crippen molar-refractivity contribution in [2.45, 2.75) is 193 Å². The summed E-state index contributed by atoms with van der Waals surface area (Å²) in [7, 11) is 12.6. The standard InChI is InChI=1S/C7H13NO2.C7H12O2.C6H11NO2.C6H13NO2.C6H12O2.C5H11NO2.C4H7NO2.2C4H9NO2.C4H8O2.C3H7NO2.C2H5NO2.ClH/c1-8-4-2-6(3-5-8)7(9)10;8-7(9)6-4-2-1-3-5-6;7-6(5(8)9)3-1-2-4-6;1-3-6(7,4-2)5(8)9;1-4-6(2,3)5(7)8;1-6(2,3)4-5(7)8;5-4(1-2-4)3(6)7;1-5(2)3-4(6)7;1-4(2,5)3(6)7;1-2-3-4(5)6;1-4-2-3(5)6;3-1-2(4)5;/h6H,2-5H2,1H3,(H,9,10);6H,1-5H2,(H,8,9);1-4,7H2,(H,8,9);3-4,7H2,1-2H3,(H,8,9);4H2,1-3H3,(H,7,8);4H2,1-3H3;1-2,5H2,(H,6,7);3H2,1-2H3,(H,6,7);5H2,1-2H3,(H,6,7);2-3H2,1H3,(H,5,6);4H,2H2,1H3,(H,5,6);1,3H2,(H,4,5);1H. The molecule has 0 bridgehead atoms. The third-order valence-electron chi connectivity index (χ3n) is 12.9. The summed E-state index contributed by atoms with van der Waals surface area (Å²) < 4.78 is 0.481. The first-order valence-corrected chi connectivity index (χ1v) is 29.5. The zero-order valence-electron chi connectivity index (χ0n) is 57.0. The van der Waals surface area contributed by atoms with E-state index in [-0.39, 0.29) is 50.4 Å². The molecule has 0 aromatic heterocycles. The number of quaternary nitrogens is 1. The number of carboxylic acid groups (broad SMARTS) is 12. The molecule has 33 nitrogen and oxygen atoms in total. The summed E-state index contributed by atoms with van der Waals surface area (Å²) in [4.78, 5) is 124. The minimum Gasteiger partial charge on any atom is -1.00 e. The molecule has 92 heavy (non-hydrogen) atoms. The van der Waals surface area contributed by atoms with Crippen LogP contribution in [0.2, 0.25) is 0 Å². The Bertz CT molecular complexity index is 2050. The van der Waals surface area contributed by atoms with Crippen molar-refractivity contribution in [3.8, 4) is 0 Å². The van der Waals surface area contributed by atoms with E-state index in [0.717, 1.165) is 70.9 Å². The van der Waals surface area contributed by atoms with Gasteiger partial charge in [0.05, 0.1) is 58.0 Å². The second kappa shape index (κ2) is 56.1. The van der Waals surface area contributed by atoms with Crippen molar-refractivity contribution >= 4 is 71.6 Å². The van der Waals surface area contributed by atoms with Gasteiger partial charge in [-0.25, -0.2) is 4.79 Å². The zero-order chi connectivity index (χ0) is 73.9. The van der Waals surface area contributed by atoms with Crippen LogP contribution in [0.5, 0.6) is 0 Å². The summed E-state index contributed by atoms with van der Waals surface area (Å²) in [5.41, 5.74) is 21.4. The molecule has 4 rings (SSSR count). The van der Waals surface area contributed by atoms with Crippen LogP contribution in [-0.4, -0.2) is 258 Å². The highest BCUT2D eigenvalue weighted by Crippen LogP contribution is 2.32. The van der Waals surface area contributed by atoms with Gasteiger partial charge in [0.15, 0.2) is 6.54 Å². The average Bonchev–Trinajstić information content (AvgIpc) is 2.01. The van der Waals surface area contributed by atoms with Crippen molar-refractivity contribution in [1.82, 2.24) is 15.1 Å². The summed E-state index contributed by atoms with van der Waals surface area (Å²) in [6.45, 7) is 15.5. The van der Waals surface area contributed by atoms with E-state index in [9.17, 15) is 57.5 Å². The predicted octanol–water partition coefficient (Wildman–Crippen LogP) is -0.522. The number of piperidine rings is 1. The Kier molecular flexibility index (Phi) is 63.7. The lowest BCUT2D eigenvalue weighted by Crippen LogP contribution is -3.00. The van der Waals surface area contributed by atoms with Crippen LogP contribution in [-0.2, 0) is 57.5 Å². The van der Waals surface area contributed by atoms with Crippen LogP contribution < -0.4 is 46.4 Å². The molecule has 34 heteroatoms. The van der Waals surface area contributed by atoms with Gasteiger partial charge in [0.1, 0.15) is 22.2 Å². The van der Waals surface area contributed by atoms with Gasteiger partial charge in [-0.3, -0.25) is 57.6 Å². The molecule has 3 saturated carbocycles. The number of hydrogen-bond donors (Lipinski definition) is 18. The van der Waals surface area contributed by atoms with E-state index in [1.54, 1.807) is 53.7 Å². The summed E-state index contributed by atoms with van der Waals surface area (Å²) >= 11 is 0. The molecule has 1 heterocycles. The van der Waals surface area contributed by atoms with Crippen molar-refractivity contribution in [2.75, 3.05) is 88.6 Å². The molecule has 23 N–H and O–H groups in total. The van der Waals surface area contributed by atoms with Gasteiger partial charge in [-0.15, -0.1) is 0 Å². The third kappa shape index (κ3) is 71.0. The summed E-state index contributed by atoms with van der Waals surface area (Å²) in [5, 5.41) is 101. The van der Waals surface area contributed by atoms with Crippen LogP contribution in [0.15, 0.2) is 0 Å². The van der Waals surface area contributed by atoms with Gasteiger partial charge in [0.25, 0.3) is 0 Å². The molecule has 1 saturated heterocycles. The highest BCUT2D eigenvalue weighted by molar-refractivity contribution is 5.82. The van der Waals surface area contributed by atoms with Crippen LogP contribution in [0.25, 0.3) is 0 Å². The maximum atomic E-state index is 10.4. The first kappa shape index (κ1) is 104. The van der Waals surface area contributed by atoms with Crippen molar-refractivity contribution in [3.63, 3.8) is 0 Å². The van der Waals surface area contributed by atoms with Crippen LogP contribution in [0.1, 0.15) is 171 Å². The number of nitrogens with two attached hydrogens (primary N) is 5. The minimum absolute atomic E-state index is 0. The van der Waals surface area contributed by atoms with Gasteiger partial charge in [0, 0.05) is 6.42 Å². The van der Waals surface area contributed by atoms with Crippen LogP contribution in [0.3, 0.4) is 0 Å². The molecule has 0 spiro atoms. The lowest BCUT2D eigenvalue weighted by molar-refractivity contribution is -0.862. The fourth-order valence-corrected chi connectivity index (χ4v) is 5.92. The van der Waals surface area contributed by atoms with Crippen molar-refractivity contribution in [1.29, 1.82) is 0 Å². The molecule has 1 aliphatic heterocycles. The second-order valence-electron chi connectivity index (χ2n) is 24.1. The van der Waals surface area contributed by atoms with E-state index in [1.807, 2.05) is 42.0 Å². The Morgan fingerprint density at radius 2 is 0.902 bits per heavy atom. The molecule has 546 valence electrons. The quantitative estimate of drug-likeness (QED) is 0.0723. The van der Waals surface area contributed by atoms with E-state index in [1.165, 1.54) is 20.3 Å². The maximum absolute atomic E-state index is 10.4. The topological polar surface area (TPSA) is 596 Å². The zero-order valence-corrected chi connectivity index (χ0v) is 57.8. The Morgan fingerprint density at radius 3 is 1.00 bits per heavy atom. The van der Waals surface area contributed by atoms with E-state index < -0.39 is 99.2 Å². The number of hydrogen-bond acceptors (Lipinski definition) is 20. The summed E-state index contributed by atoms with van der Waals surface area (Å²) in [6.07, 6.45) is 14.0. The minimum atomic E-state index is -1.08. The second-order valence-corrected chi connectivity index (χ2v) is 24.1. The first-order chi connectivity index (χ1) is 41.2. The molecule has 0 aromatic rings. The number of halogens is 1. The molecular formula is C58H118ClN9O24. The number of carboxylic acids is 12. The number of nitrogens with one attached hydrogen (secondary N) is 1. The molecule has 4 aliphatic rings. The predicted molar refractivity (Wildman–Crippen MR) is 339 cm³/mol. The highest BCUT2D eigenvalue weighted by Gasteiger charge is 2.46. The fraction of sp³-hybridized carbons (Fsp3) is 0.793. The number of carbonyl (C=O) groups is 12. The van der Waals surface area contributed by atoms with Crippen LogP contribution in [0.4, 0.5) is 0 Å². The summed E-state index contributed by atoms with van der Waals surface area (Å²) in [5.74, 6) is -9.72. The number of rotatable bonds is 19. The number of nitrogens with zero attached hydrogens (tertiary/aromatic N) is 3.